The van der Waals surface area contributed by atoms with Crippen LogP contribution in [-0.4, -0.2) is 29.6 Å². The van der Waals surface area contributed by atoms with Crippen LogP contribution in [0.15, 0.2) is 22.7 Å². The number of halogens is 2. The van der Waals surface area contributed by atoms with Gasteiger partial charge in [0.05, 0.1) is 5.69 Å². The molecule has 17 heavy (non-hydrogen) atoms. The molecule has 1 fully saturated rings. The van der Waals surface area contributed by atoms with Gasteiger partial charge >= 0.3 is 0 Å². The van der Waals surface area contributed by atoms with Crippen molar-refractivity contribution in [1.29, 1.82) is 0 Å². The lowest BCUT2D eigenvalue weighted by atomic mass is 9.96. The second kappa shape index (κ2) is 5.33. The largest absolute Gasteiger partial charge is 0.369 e. The zero-order valence-electron chi connectivity index (χ0n) is 9.31. The highest BCUT2D eigenvalue weighted by Gasteiger charge is 2.25. The van der Waals surface area contributed by atoms with E-state index in [4.69, 9.17) is 10.2 Å². The molecule has 5 heteroatoms. The van der Waals surface area contributed by atoms with Crippen molar-refractivity contribution in [2.24, 2.45) is 5.92 Å². The van der Waals surface area contributed by atoms with Crippen molar-refractivity contribution in [1.82, 2.24) is 0 Å². The molecule has 0 spiro atoms. The van der Waals surface area contributed by atoms with Crippen LogP contribution in [0.2, 0.25) is 0 Å². The Labute approximate surface area is 108 Å². The first kappa shape index (κ1) is 12.8. The first-order valence-corrected chi connectivity index (χ1v) is 6.43. The Hall–Kier alpha value is -0.650. The van der Waals surface area contributed by atoms with Gasteiger partial charge in [0.2, 0.25) is 0 Å². The van der Waals surface area contributed by atoms with E-state index in [-0.39, 0.29) is 11.7 Å². The molecule has 2 rings (SSSR count). The second-order valence-corrected chi connectivity index (χ2v) is 5.25. The molecule has 0 amide bonds. The van der Waals surface area contributed by atoms with Crippen LogP contribution in [0.3, 0.4) is 0 Å². The van der Waals surface area contributed by atoms with Gasteiger partial charge in [-0.05, 0) is 31.0 Å². The summed E-state index contributed by atoms with van der Waals surface area (Å²) in [6.45, 7) is 1.31. The lowest BCUT2D eigenvalue weighted by Crippen LogP contribution is -2.38. The topological polar surface area (TPSA) is 43.7 Å². The predicted octanol–water partition coefficient (Wildman–Crippen LogP) is 2.12. The van der Waals surface area contributed by atoms with E-state index >= 15 is 0 Å². The van der Waals surface area contributed by atoms with E-state index in [0.29, 0.717) is 31.6 Å². The molecule has 0 atom stereocenters. The van der Waals surface area contributed by atoms with Crippen LogP contribution < -0.4 is 4.90 Å². The molecule has 1 aromatic rings. The molecular formula is C12H15BrFNO2. The maximum Gasteiger partial charge on any atom is 0.154 e. The van der Waals surface area contributed by atoms with Gasteiger partial charge in [0.15, 0.2) is 6.29 Å². The number of aliphatic hydroxyl groups excluding tert-OH is 1. The van der Waals surface area contributed by atoms with Crippen LogP contribution in [-0.2, 0) is 0 Å². The van der Waals surface area contributed by atoms with Gasteiger partial charge in [-0.2, -0.15) is 0 Å². The van der Waals surface area contributed by atoms with Crippen LogP contribution in [0.5, 0.6) is 0 Å². The molecule has 1 saturated heterocycles. The minimum absolute atomic E-state index is 0.0928. The SMILES string of the molecule is OC(O)C1CCN(c2ccc(Br)cc2F)CC1. The molecule has 1 aromatic carbocycles. The zero-order chi connectivity index (χ0) is 12.4. The summed E-state index contributed by atoms with van der Waals surface area (Å²) in [4.78, 5) is 1.95. The summed E-state index contributed by atoms with van der Waals surface area (Å²) in [5, 5.41) is 18.2. The standard InChI is InChI=1S/C12H15BrFNO2/c13-9-1-2-11(10(14)7-9)15-5-3-8(4-6-15)12(16)17/h1-2,7-8,12,16-17H,3-6H2. The van der Waals surface area contributed by atoms with Crippen LogP contribution in [0.4, 0.5) is 10.1 Å². The fourth-order valence-electron chi connectivity index (χ4n) is 2.18. The molecule has 1 aliphatic rings. The Morgan fingerprint density at radius 2 is 1.94 bits per heavy atom. The van der Waals surface area contributed by atoms with Gasteiger partial charge < -0.3 is 15.1 Å². The Balaban J connectivity index is 2.05. The number of hydrogen-bond acceptors (Lipinski definition) is 3. The highest BCUT2D eigenvalue weighted by Crippen LogP contribution is 2.28. The average Bonchev–Trinajstić information content (AvgIpc) is 2.29. The van der Waals surface area contributed by atoms with Crippen molar-refractivity contribution in [3.63, 3.8) is 0 Å². The highest BCUT2D eigenvalue weighted by molar-refractivity contribution is 9.10. The summed E-state index contributed by atoms with van der Waals surface area (Å²) in [5.74, 6) is -0.341. The van der Waals surface area contributed by atoms with Crippen LogP contribution in [0, 0.1) is 11.7 Å². The molecule has 0 saturated carbocycles. The van der Waals surface area contributed by atoms with Crippen LogP contribution in [0.1, 0.15) is 12.8 Å². The Kier molecular flexibility index (Phi) is 4.01. The number of benzene rings is 1. The van der Waals surface area contributed by atoms with Crippen molar-refractivity contribution in [2.75, 3.05) is 18.0 Å². The van der Waals surface area contributed by atoms with E-state index in [2.05, 4.69) is 15.9 Å². The third-order valence-electron chi connectivity index (χ3n) is 3.21. The summed E-state index contributed by atoms with van der Waals surface area (Å²) >= 11 is 3.22. The van der Waals surface area contributed by atoms with Gasteiger partial charge in [0.1, 0.15) is 5.82 Å². The first-order valence-electron chi connectivity index (χ1n) is 5.64. The molecule has 2 N–H and O–H groups in total. The monoisotopic (exact) mass is 303 g/mol. The molecular weight excluding hydrogens is 289 g/mol. The van der Waals surface area contributed by atoms with Gasteiger partial charge in [-0.25, -0.2) is 4.39 Å². The van der Waals surface area contributed by atoms with E-state index < -0.39 is 6.29 Å². The number of piperidine rings is 1. The van der Waals surface area contributed by atoms with E-state index in [1.165, 1.54) is 6.07 Å². The van der Waals surface area contributed by atoms with E-state index in [9.17, 15) is 4.39 Å². The maximum absolute atomic E-state index is 13.7. The van der Waals surface area contributed by atoms with E-state index in [1.54, 1.807) is 6.07 Å². The highest BCUT2D eigenvalue weighted by atomic mass is 79.9. The molecule has 0 bridgehead atoms. The average molecular weight is 304 g/mol. The third-order valence-corrected chi connectivity index (χ3v) is 3.70. The zero-order valence-corrected chi connectivity index (χ0v) is 10.9. The first-order chi connectivity index (χ1) is 8.08. The number of anilines is 1. The van der Waals surface area contributed by atoms with Gasteiger partial charge in [0, 0.05) is 23.5 Å². The third kappa shape index (κ3) is 2.97. The minimum Gasteiger partial charge on any atom is -0.369 e. The van der Waals surface area contributed by atoms with Gasteiger partial charge in [-0.15, -0.1) is 0 Å². The Morgan fingerprint density at radius 3 is 2.47 bits per heavy atom. The van der Waals surface area contributed by atoms with Crippen molar-refractivity contribution in [3.8, 4) is 0 Å². The van der Waals surface area contributed by atoms with Gasteiger partial charge in [0.25, 0.3) is 0 Å². The summed E-state index contributed by atoms with van der Waals surface area (Å²) in [5.41, 5.74) is 0.582. The van der Waals surface area contributed by atoms with E-state index in [0.717, 1.165) is 4.47 Å². The van der Waals surface area contributed by atoms with E-state index in [1.807, 2.05) is 11.0 Å². The fourth-order valence-corrected chi connectivity index (χ4v) is 2.51. The van der Waals surface area contributed by atoms with Gasteiger partial charge in [-0.3, -0.25) is 0 Å². The lowest BCUT2D eigenvalue weighted by Gasteiger charge is -2.34. The quantitative estimate of drug-likeness (QED) is 0.823. The lowest BCUT2D eigenvalue weighted by molar-refractivity contribution is -0.0893. The number of nitrogens with zero attached hydrogens (tertiary/aromatic N) is 1. The van der Waals surface area contributed by atoms with Crippen LogP contribution >= 0.6 is 15.9 Å². The summed E-state index contributed by atoms with van der Waals surface area (Å²) in [7, 11) is 0. The van der Waals surface area contributed by atoms with Crippen molar-refractivity contribution in [3.05, 3.63) is 28.5 Å². The predicted molar refractivity (Wildman–Crippen MR) is 67.3 cm³/mol. The molecule has 1 heterocycles. The van der Waals surface area contributed by atoms with Crippen LogP contribution in [0.25, 0.3) is 0 Å². The minimum atomic E-state index is -1.26. The number of aliphatic hydroxyl groups is 2. The summed E-state index contributed by atoms with van der Waals surface area (Å²) in [6.07, 6.45) is 0.0901. The maximum atomic E-state index is 13.7. The van der Waals surface area contributed by atoms with Crippen molar-refractivity contribution >= 4 is 21.6 Å². The normalized spacial score (nSPS) is 17.8. The summed E-state index contributed by atoms with van der Waals surface area (Å²) < 4.78 is 14.4. The Morgan fingerprint density at radius 1 is 1.29 bits per heavy atom. The molecule has 0 aromatic heterocycles. The van der Waals surface area contributed by atoms with Gasteiger partial charge in [-0.1, -0.05) is 15.9 Å². The van der Waals surface area contributed by atoms with Crippen molar-refractivity contribution in [2.45, 2.75) is 19.1 Å². The molecule has 94 valence electrons. The molecule has 0 radical (unpaired) electrons. The number of rotatable bonds is 2. The molecule has 1 aliphatic heterocycles. The smallest absolute Gasteiger partial charge is 0.154 e. The Bertz CT molecular complexity index is 392. The molecule has 3 nitrogen and oxygen atoms in total. The summed E-state index contributed by atoms with van der Waals surface area (Å²) in [6, 6.07) is 5.00. The molecule has 0 unspecified atom stereocenters. The van der Waals surface area contributed by atoms with Crippen molar-refractivity contribution < 1.29 is 14.6 Å². The fraction of sp³-hybridized carbons (Fsp3) is 0.500. The molecule has 0 aliphatic carbocycles. The number of hydrogen-bond donors (Lipinski definition) is 2. The second-order valence-electron chi connectivity index (χ2n) is 4.33.